The van der Waals surface area contributed by atoms with E-state index in [0.717, 1.165) is 48.4 Å². The smallest absolute Gasteiger partial charge is 0.230 e. The van der Waals surface area contributed by atoms with Crippen LogP contribution < -0.4 is 10.2 Å². The molecule has 1 saturated carbocycles. The fraction of sp³-hybridized carbons (Fsp3) is 0.455. The highest BCUT2D eigenvalue weighted by Crippen LogP contribution is 2.37. The maximum atomic E-state index is 13.4. The van der Waals surface area contributed by atoms with Crippen molar-refractivity contribution < 1.29 is 9.53 Å². The van der Waals surface area contributed by atoms with E-state index >= 15 is 0 Å². The molecular weight excluding hydrogens is 338 g/mol. The van der Waals surface area contributed by atoms with Gasteiger partial charge in [-0.2, -0.15) is 0 Å². The highest BCUT2D eigenvalue weighted by atomic mass is 16.5. The first-order valence-electron chi connectivity index (χ1n) is 9.88. The zero-order valence-electron chi connectivity index (χ0n) is 16.0. The molecule has 2 heterocycles. The third-order valence-corrected chi connectivity index (χ3v) is 5.42. The number of carbonyl (C=O) groups excluding carboxylic acids is 1. The Morgan fingerprint density at radius 2 is 1.93 bits per heavy atom. The molecule has 1 aliphatic heterocycles. The molecule has 0 unspecified atom stereocenters. The third-order valence-electron chi connectivity index (χ3n) is 5.42. The molecule has 27 heavy (non-hydrogen) atoms. The van der Waals surface area contributed by atoms with E-state index in [-0.39, 0.29) is 24.0 Å². The number of hydrogen-bond donors (Lipinski definition) is 1. The molecule has 1 amide bonds. The van der Waals surface area contributed by atoms with Crippen molar-refractivity contribution in [3.05, 3.63) is 48.2 Å². The van der Waals surface area contributed by atoms with Crippen molar-refractivity contribution in [2.45, 2.75) is 58.3 Å². The van der Waals surface area contributed by atoms with Crippen LogP contribution in [0.2, 0.25) is 0 Å². The van der Waals surface area contributed by atoms with Crippen molar-refractivity contribution in [3.63, 3.8) is 0 Å². The molecule has 1 fully saturated rings. The minimum absolute atomic E-state index is 0.0586. The predicted molar refractivity (Wildman–Crippen MR) is 107 cm³/mol. The van der Waals surface area contributed by atoms with E-state index < -0.39 is 0 Å². The van der Waals surface area contributed by atoms with E-state index in [1.807, 2.05) is 41.3 Å². The Labute approximate surface area is 160 Å². The van der Waals surface area contributed by atoms with Gasteiger partial charge in [-0.3, -0.25) is 4.79 Å². The second-order valence-electron chi connectivity index (χ2n) is 7.74. The molecule has 142 valence electrons. The number of carbonyl (C=O) groups is 1. The molecular formula is C22H27N3O2. The Hall–Kier alpha value is -2.40. The zero-order valence-corrected chi connectivity index (χ0v) is 16.0. The molecule has 1 aliphatic carbocycles. The third kappa shape index (κ3) is 3.83. The van der Waals surface area contributed by atoms with Gasteiger partial charge in [-0.05, 0) is 57.7 Å². The molecule has 0 spiro atoms. The molecule has 5 nitrogen and oxygen atoms in total. The number of ether oxygens (including phenoxy) is 1. The van der Waals surface area contributed by atoms with E-state index in [2.05, 4.69) is 24.1 Å². The first-order valence-corrected chi connectivity index (χ1v) is 9.88. The molecule has 1 aromatic heterocycles. The minimum atomic E-state index is 0.0586. The Bertz CT molecular complexity index is 813. The fourth-order valence-corrected chi connectivity index (χ4v) is 4.12. The van der Waals surface area contributed by atoms with Crippen LogP contribution in [0.4, 0.5) is 17.2 Å². The summed E-state index contributed by atoms with van der Waals surface area (Å²) in [7, 11) is 0. The van der Waals surface area contributed by atoms with Crippen LogP contribution in [0.5, 0.6) is 0 Å². The zero-order chi connectivity index (χ0) is 18.8. The number of aromatic nitrogens is 1. The van der Waals surface area contributed by atoms with Crippen molar-refractivity contribution in [1.29, 1.82) is 0 Å². The summed E-state index contributed by atoms with van der Waals surface area (Å²) in [5.41, 5.74) is 2.90. The molecule has 5 heteroatoms. The van der Waals surface area contributed by atoms with E-state index in [1.165, 1.54) is 0 Å². The Balaban J connectivity index is 1.56. The number of hydrogen-bond acceptors (Lipinski definition) is 4. The second-order valence-corrected chi connectivity index (χ2v) is 7.74. The van der Waals surface area contributed by atoms with Gasteiger partial charge < -0.3 is 15.0 Å². The number of benzene rings is 1. The lowest BCUT2D eigenvalue weighted by atomic mass is 9.86. The van der Waals surface area contributed by atoms with Gasteiger partial charge in [-0.15, -0.1) is 0 Å². The fourth-order valence-electron chi connectivity index (χ4n) is 4.12. The van der Waals surface area contributed by atoms with Crippen LogP contribution in [-0.2, 0) is 16.1 Å². The van der Waals surface area contributed by atoms with E-state index in [4.69, 9.17) is 4.74 Å². The van der Waals surface area contributed by atoms with Crippen LogP contribution in [0.3, 0.4) is 0 Å². The number of fused-ring (bicyclic) bond motifs is 2. The number of nitrogens with one attached hydrogen (secondary N) is 1. The quantitative estimate of drug-likeness (QED) is 0.860. The highest BCUT2D eigenvalue weighted by molar-refractivity contribution is 5.99. The van der Waals surface area contributed by atoms with Gasteiger partial charge in [-0.25, -0.2) is 4.98 Å². The monoisotopic (exact) mass is 365 g/mol. The lowest BCUT2D eigenvalue weighted by Crippen LogP contribution is -2.38. The number of para-hydroxylation sites is 2. The summed E-state index contributed by atoms with van der Waals surface area (Å²) >= 11 is 0. The molecule has 0 radical (unpaired) electrons. The predicted octanol–water partition coefficient (Wildman–Crippen LogP) is 4.66. The molecule has 2 aliphatic rings. The average Bonchev–Trinajstić information content (AvgIpc) is 2.84. The highest BCUT2D eigenvalue weighted by Gasteiger charge is 2.33. The van der Waals surface area contributed by atoms with Crippen LogP contribution in [0.1, 0.15) is 45.1 Å². The summed E-state index contributed by atoms with van der Waals surface area (Å²) in [4.78, 5) is 19.8. The SMILES string of the molecule is CC(C)OC1CCC(C(=O)N2Cc3cccnc3Nc3ccccc32)CC1. The van der Waals surface area contributed by atoms with Crippen molar-refractivity contribution in [2.75, 3.05) is 10.2 Å². The number of nitrogens with zero attached hydrogens (tertiary/aromatic N) is 2. The van der Waals surface area contributed by atoms with Gasteiger partial charge in [0.25, 0.3) is 0 Å². The number of pyridine rings is 1. The van der Waals surface area contributed by atoms with Gasteiger partial charge >= 0.3 is 0 Å². The Morgan fingerprint density at radius 3 is 2.70 bits per heavy atom. The Morgan fingerprint density at radius 1 is 1.15 bits per heavy atom. The number of amides is 1. The van der Waals surface area contributed by atoms with Crippen molar-refractivity contribution in [1.82, 2.24) is 4.98 Å². The summed E-state index contributed by atoms with van der Waals surface area (Å²) in [6, 6.07) is 11.9. The van der Waals surface area contributed by atoms with Crippen LogP contribution in [-0.4, -0.2) is 23.1 Å². The Kier molecular flexibility index (Phi) is 5.12. The summed E-state index contributed by atoms with van der Waals surface area (Å²) in [6.07, 6.45) is 6.01. The first-order chi connectivity index (χ1) is 13.1. The lowest BCUT2D eigenvalue weighted by molar-refractivity contribution is -0.124. The molecule has 0 saturated heterocycles. The van der Waals surface area contributed by atoms with Crippen LogP contribution in [0, 0.1) is 5.92 Å². The first kappa shape index (κ1) is 18.0. The molecule has 1 aromatic carbocycles. The van der Waals surface area contributed by atoms with Crippen molar-refractivity contribution >= 4 is 23.1 Å². The van der Waals surface area contributed by atoms with Gasteiger partial charge in [0, 0.05) is 17.7 Å². The summed E-state index contributed by atoms with van der Waals surface area (Å²) in [5, 5.41) is 3.39. The largest absolute Gasteiger partial charge is 0.376 e. The topological polar surface area (TPSA) is 54.5 Å². The molecule has 0 bridgehead atoms. The summed E-state index contributed by atoms with van der Waals surface area (Å²) in [5.74, 6) is 1.10. The van der Waals surface area contributed by atoms with Crippen molar-refractivity contribution in [2.24, 2.45) is 5.92 Å². The van der Waals surface area contributed by atoms with Gasteiger partial charge in [0.05, 0.1) is 30.1 Å². The maximum absolute atomic E-state index is 13.4. The van der Waals surface area contributed by atoms with Crippen molar-refractivity contribution in [3.8, 4) is 0 Å². The van der Waals surface area contributed by atoms with Gasteiger partial charge in [0.15, 0.2) is 0 Å². The minimum Gasteiger partial charge on any atom is -0.376 e. The molecule has 0 atom stereocenters. The lowest BCUT2D eigenvalue weighted by Gasteiger charge is -2.32. The summed E-state index contributed by atoms with van der Waals surface area (Å²) < 4.78 is 5.94. The van der Waals surface area contributed by atoms with E-state index in [9.17, 15) is 4.79 Å². The van der Waals surface area contributed by atoms with Gasteiger partial charge in [-0.1, -0.05) is 18.2 Å². The van der Waals surface area contributed by atoms with Crippen LogP contribution in [0.25, 0.3) is 0 Å². The summed E-state index contributed by atoms with van der Waals surface area (Å²) in [6.45, 7) is 4.70. The molecule has 2 aromatic rings. The van der Waals surface area contributed by atoms with E-state index in [0.29, 0.717) is 6.54 Å². The standard InChI is InChI=1S/C22H27N3O2/c1-15(2)27-18-11-9-16(10-12-18)22(26)25-14-17-6-5-13-23-21(17)24-19-7-3-4-8-20(19)25/h3-8,13,15-16,18H,9-12,14H2,1-2H3,(H,23,24). The normalized spacial score (nSPS) is 21.8. The van der Waals surface area contributed by atoms with Crippen LogP contribution >= 0.6 is 0 Å². The van der Waals surface area contributed by atoms with Crippen LogP contribution in [0.15, 0.2) is 42.6 Å². The second kappa shape index (κ2) is 7.69. The molecule has 4 rings (SSSR count). The number of anilines is 3. The van der Waals surface area contributed by atoms with E-state index in [1.54, 1.807) is 6.20 Å². The average molecular weight is 365 g/mol. The van der Waals surface area contributed by atoms with Gasteiger partial charge in [0.2, 0.25) is 5.91 Å². The molecule has 1 N–H and O–H groups in total. The number of rotatable bonds is 3. The maximum Gasteiger partial charge on any atom is 0.230 e. The van der Waals surface area contributed by atoms with Gasteiger partial charge in [0.1, 0.15) is 5.82 Å².